The van der Waals surface area contributed by atoms with E-state index < -0.39 is 0 Å². The van der Waals surface area contributed by atoms with Crippen molar-refractivity contribution in [2.75, 3.05) is 25.0 Å². The van der Waals surface area contributed by atoms with Gasteiger partial charge in [-0.1, -0.05) is 13.8 Å². The Labute approximate surface area is 89.9 Å². The summed E-state index contributed by atoms with van der Waals surface area (Å²) in [5.41, 5.74) is 6.76. The summed E-state index contributed by atoms with van der Waals surface area (Å²) in [6, 6.07) is 0. The van der Waals surface area contributed by atoms with Gasteiger partial charge in [0.05, 0.1) is 5.69 Å². The average Bonchev–Trinajstić information content (AvgIpc) is 2.65. The summed E-state index contributed by atoms with van der Waals surface area (Å²) < 4.78 is 0. The van der Waals surface area contributed by atoms with Gasteiger partial charge < -0.3 is 10.6 Å². The minimum atomic E-state index is 0.522. The number of nitrogens with zero attached hydrogens (tertiary/aromatic N) is 2. The van der Waals surface area contributed by atoms with Crippen molar-refractivity contribution in [3.05, 3.63) is 11.1 Å². The molecule has 0 aliphatic heterocycles. The molecule has 1 atom stereocenters. The first-order valence-corrected chi connectivity index (χ1v) is 5.91. The molecule has 14 heavy (non-hydrogen) atoms. The number of aromatic nitrogens is 1. The Balaban J connectivity index is 2.55. The lowest BCUT2D eigenvalue weighted by atomic mass is 10.2. The SMILES string of the molecule is CCc1csc(N(C)CC(C)CN)n1. The van der Waals surface area contributed by atoms with E-state index in [9.17, 15) is 0 Å². The minimum Gasteiger partial charge on any atom is -0.351 e. The zero-order valence-corrected chi connectivity index (χ0v) is 9.97. The zero-order chi connectivity index (χ0) is 10.6. The second kappa shape index (κ2) is 5.32. The number of hydrogen-bond acceptors (Lipinski definition) is 4. The highest BCUT2D eigenvalue weighted by molar-refractivity contribution is 7.13. The summed E-state index contributed by atoms with van der Waals surface area (Å²) in [5.74, 6) is 0.522. The van der Waals surface area contributed by atoms with Crippen molar-refractivity contribution in [2.24, 2.45) is 11.7 Å². The number of nitrogens with two attached hydrogens (primary N) is 1. The first-order valence-electron chi connectivity index (χ1n) is 5.03. The molecule has 1 heterocycles. The van der Waals surface area contributed by atoms with E-state index in [2.05, 4.69) is 36.2 Å². The molecule has 0 spiro atoms. The van der Waals surface area contributed by atoms with Crippen molar-refractivity contribution in [3.63, 3.8) is 0 Å². The first-order chi connectivity index (χ1) is 6.67. The molecule has 0 aliphatic rings. The Morgan fingerprint density at radius 3 is 2.86 bits per heavy atom. The monoisotopic (exact) mass is 213 g/mol. The summed E-state index contributed by atoms with van der Waals surface area (Å²) in [5, 5.41) is 3.22. The lowest BCUT2D eigenvalue weighted by molar-refractivity contribution is 0.589. The van der Waals surface area contributed by atoms with Gasteiger partial charge in [0.25, 0.3) is 0 Å². The van der Waals surface area contributed by atoms with E-state index in [4.69, 9.17) is 5.73 Å². The largest absolute Gasteiger partial charge is 0.351 e. The molecule has 0 amide bonds. The van der Waals surface area contributed by atoms with Crippen LogP contribution < -0.4 is 10.6 Å². The van der Waals surface area contributed by atoms with Crippen LogP contribution in [0.2, 0.25) is 0 Å². The van der Waals surface area contributed by atoms with Crippen LogP contribution in [0, 0.1) is 5.92 Å². The normalized spacial score (nSPS) is 12.9. The average molecular weight is 213 g/mol. The molecule has 1 rings (SSSR count). The van der Waals surface area contributed by atoms with Crippen molar-refractivity contribution in [1.82, 2.24) is 4.98 Å². The highest BCUT2D eigenvalue weighted by Gasteiger charge is 2.08. The van der Waals surface area contributed by atoms with Crippen LogP contribution in [-0.4, -0.2) is 25.1 Å². The van der Waals surface area contributed by atoms with E-state index in [1.807, 2.05) is 0 Å². The van der Waals surface area contributed by atoms with Gasteiger partial charge in [-0.05, 0) is 18.9 Å². The van der Waals surface area contributed by atoms with Gasteiger partial charge in [-0.3, -0.25) is 0 Å². The zero-order valence-electron chi connectivity index (χ0n) is 9.16. The van der Waals surface area contributed by atoms with E-state index in [-0.39, 0.29) is 0 Å². The molecule has 0 aliphatic carbocycles. The number of hydrogen-bond donors (Lipinski definition) is 1. The quantitative estimate of drug-likeness (QED) is 0.810. The molecule has 0 aromatic carbocycles. The second-order valence-corrected chi connectivity index (χ2v) is 4.53. The van der Waals surface area contributed by atoms with Crippen LogP contribution in [0.3, 0.4) is 0 Å². The molecule has 0 saturated carbocycles. The fraction of sp³-hybridized carbons (Fsp3) is 0.700. The maximum atomic E-state index is 5.59. The molecule has 1 unspecified atom stereocenters. The Morgan fingerprint density at radius 1 is 1.64 bits per heavy atom. The standard InChI is InChI=1S/C10H19N3S/c1-4-9-7-14-10(12-9)13(3)6-8(2)5-11/h7-8H,4-6,11H2,1-3H3. The highest BCUT2D eigenvalue weighted by Crippen LogP contribution is 2.20. The van der Waals surface area contributed by atoms with Crippen LogP contribution in [0.25, 0.3) is 0 Å². The van der Waals surface area contributed by atoms with E-state index >= 15 is 0 Å². The topological polar surface area (TPSA) is 42.1 Å². The molecule has 4 heteroatoms. The van der Waals surface area contributed by atoms with Crippen LogP contribution in [0.5, 0.6) is 0 Å². The molecule has 0 saturated heterocycles. The van der Waals surface area contributed by atoms with Gasteiger partial charge in [-0.15, -0.1) is 11.3 Å². The Kier molecular flexibility index (Phi) is 4.35. The first kappa shape index (κ1) is 11.5. The summed E-state index contributed by atoms with van der Waals surface area (Å²) >= 11 is 1.71. The van der Waals surface area contributed by atoms with Crippen molar-refractivity contribution in [1.29, 1.82) is 0 Å². The van der Waals surface area contributed by atoms with Crippen LogP contribution in [0.15, 0.2) is 5.38 Å². The number of thiazole rings is 1. The van der Waals surface area contributed by atoms with E-state index in [1.54, 1.807) is 11.3 Å². The predicted octanol–water partition coefficient (Wildman–Crippen LogP) is 1.74. The van der Waals surface area contributed by atoms with Gasteiger partial charge in [-0.2, -0.15) is 0 Å². The molecule has 2 N–H and O–H groups in total. The molecular weight excluding hydrogens is 194 g/mol. The minimum absolute atomic E-state index is 0.522. The molecule has 0 radical (unpaired) electrons. The Bertz CT molecular complexity index is 272. The Morgan fingerprint density at radius 2 is 2.36 bits per heavy atom. The predicted molar refractivity (Wildman–Crippen MR) is 63.0 cm³/mol. The van der Waals surface area contributed by atoms with Crippen LogP contribution in [-0.2, 0) is 6.42 Å². The lowest BCUT2D eigenvalue weighted by Gasteiger charge is -2.19. The van der Waals surface area contributed by atoms with Gasteiger partial charge >= 0.3 is 0 Å². The van der Waals surface area contributed by atoms with Gasteiger partial charge in [0.1, 0.15) is 0 Å². The molecule has 1 aromatic heterocycles. The van der Waals surface area contributed by atoms with Crippen molar-refractivity contribution in [3.8, 4) is 0 Å². The van der Waals surface area contributed by atoms with Crippen LogP contribution in [0.1, 0.15) is 19.5 Å². The fourth-order valence-corrected chi connectivity index (χ4v) is 2.14. The lowest BCUT2D eigenvalue weighted by Crippen LogP contribution is -2.28. The number of rotatable bonds is 5. The smallest absolute Gasteiger partial charge is 0.185 e. The van der Waals surface area contributed by atoms with Crippen molar-refractivity contribution >= 4 is 16.5 Å². The van der Waals surface area contributed by atoms with Crippen molar-refractivity contribution in [2.45, 2.75) is 20.3 Å². The van der Waals surface area contributed by atoms with Gasteiger partial charge in [-0.25, -0.2) is 4.98 Å². The summed E-state index contributed by atoms with van der Waals surface area (Å²) in [4.78, 5) is 6.70. The highest BCUT2D eigenvalue weighted by atomic mass is 32.1. The van der Waals surface area contributed by atoms with Gasteiger partial charge in [0.2, 0.25) is 0 Å². The van der Waals surface area contributed by atoms with Gasteiger partial charge in [0, 0.05) is 19.0 Å². The summed E-state index contributed by atoms with van der Waals surface area (Å²) in [6.45, 7) is 6.00. The third-order valence-corrected chi connectivity index (χ3v) is 3.22. The molecule has 0 fully saturated rings. The second-order valence-electron chi connectivity index (χ2n) is 3.70. The van der Waals surface area contributed by atoms with Gasteiger partial charge in [0.15, 0.2) is 5.13 Å². The number of anilines is 1. The molecular formula is C10H19N3S. The number of aryl methyl sites for hydroxylation is 1. The maximum absolute atomic E-state index is 5.59. The van der Waals surface area contributed by atoms with Crippen LogP contribution >= 0.6 is 11.3 Å². The molecule has 0 bridgehead atoms. The van der Waals surface area contributed by atoms with E-state index in [0.29, 0.717) is 5.92 Å². The summed E-state index contributed by atoms with van der Waals surface area (Å²) in [6.07, 6.45) is 1.01. The van der Waals surface area contributed by atoms with E-state index in [1.165, 1.54) is 5.69 Å². The third-order valence-electron chi connectivity index (χ3n) is 2.22. The molecule has 1 aromatic rings. The van der Waals surface area contributed by atoms with Crippen LogP contribution in [0.4, 0.5) is 5.13 Å². The third kappa shape index (κ3) is 2.96. The Hall–Kier alpha value is -0.610. The summed E-state index contributed by atoms with van der Waals surface area (Å²) in [7, 11) is 2.07. The fourth-order valence-electron chi connectivity index (χ4n) is 1.25. The van der Waals surface area contributed by atoms with Crippen molar-refractivity contribution < 1.29 is 0 Å². The molecule has 3 nitrogen and oxygen atoms in total. The molecule has 80 valence electrons. The van der Waals surface area contributed by atoms with E-state index in [0.717, 1.165) is 24.6 Å². The maximum Gasteiger partial charge on any atom is 0.185 e.